The number of hydrogen-bond donors (Lipinski definition) is 1. The third-order valence-corrected chi connectivity index (χ3v) is 6.40. The molecule has 0 saturated carbocycles. The summed E-state index contributed by atoms with van der Waals surface area (Å²) in [6, 6.07) is 12.7. The van der Waals surface area contributed by atoms with Crippen molar-refractivity contribution < 1.29 is 22.0 Å². The molecule has 5 nitrogen and oxygen atoms in total. The number of alkyl halides is 3. The molecule has 3 aromatic carbocycles. The number of benzene rings is 3. The maximum absolute atomic E-state index is 14.7. The van der Waals surface area contributed by atoms with E-state index in [-0.39, 0.29) is 22.9 Å². The molecule has 37 heavy (non-hydrogen) atoms. The highest BCUT2D eigenvalue weighted by Gasteiger charge is 2.35. The van der Waals surface area contributed by atoms with Crippen LogP contribution in [0.2, 0.25) is 0 Å². The molecule has 1 fully saturated rings. The van der Waals surface area contributed by atoms with Gasteiger partial charge in [0, 0.05) is 35.6 Å². The largest absolute Gasteiger partial charge is 0.417 e. The van der Waals surface area contributed by atoms with E-state index >= 15 is 0 Å². The Hall–Kier alpha value is -4.10. The number of fused-ring (bicyclic) bond motifs is 1. The van der Waals surface area contributed by atoms with Gasteiger partial charge < -0.3 is 10.6 Å². The lowest BCUT2D eigenvalue weighted by atomic mass is 9.95. The molecular weight excluding hydrogens is 489 g/mol. The smallest absolute Gasteiger partial charge is 0.339 e. The first kappa shape index (κ1) is 24.6. The number of nitrogens with two attached hydrogens (primary N) is 1. The van der Waals surface area contributed by atoms with E-state index in [1.54, 1.807) is 6.07 Å². The van der Waals surface area contributed by atoms with E-state index in [0.29, 0.717) is 35.5 Å². The zero-order valence-corrected chi connectivity index (χ0v) is 19.4. The third kappa shape index (κ3) is 4.70. The van der Waals surface area contributed by atoms with Crippen molar-refractivity contribution >= 4 is 16.9 Å². The summed E-state index contributed by atoms with van der Waals surface area (Å²) < 4.78 is 70.4. The first-order valence-electron chi connectivity index (χ1n) is 11.5. The Balaban J connectivity index is 1.75. The molecule has 2 N–H and O–H groups in total. The van der Waals surface area contributed by atoms with Gasteiger partial charge in [-0.15, -0.1) is 0 Å². The molecule has 0 spiro atoms. The third-order valence-electron chi connectivity index (χ3n) is 6.40. The zero-order valence-electron chi connectivity index (χ0n) is 19.4. The lowest BCUT2D eigenvalue weighted by Crippen LogP contribution is -2.43. The highest BCUT2D eigenvalue weighted by Crippen LogP contribution is 2.40. The van der Waals surface area contributed by atoms with Crippen molar-refractivity contribution in [3.05, 3.63) is 77.4 Å². The zero-order chi connectivity index (χ0) is 26.3. The maximum Gasteiger partial charge on any atom is 0.417 e. The Morgan fingerprint density at radius 2 is 1.76 bits per heavy atom. The lowest BCUT2D eigenvalue weighted by Gasteiger charge is -2.31. The molecule has 1 aliphatic heterocycles. The first-order valence-corrected chi connectivity index (χ1v) is 11.5. The van der Waals surface area contributed by atoms with Crippen LogP contribution in [0.1, 0.15) is 24.0 Å². The fourth-order valence-corrected chi connectivity index (χ4v) is 4.63. The molecule has 188 valence electrons. The second kappa shape index (κ2) is 9.41. The monoisotopic (exact) mass is 509 g/mol. The molecule has 0 radical (unpaired) electrons. The second-order valence-corrected chi connectivity index (χ2v) is 8.92. The number of nitrogens with zero attached hydrogens (tertiary/aromatic N) is 4. The molecular formula is C27H20F5N5. The Morgan fingerprint density at radius 3 is 2.46 bits per heavy atom. The molecule has 1 unspecified atom stereocenters. The van der Waals surface area contributed by atoms with Gasteiger partial charge in [-0.3, -0.25) is 0 Å². The van der Waals surface area contributed by atoms with Crippen molar-refractivity contribution in [3.8, 4) is 28.5 Å². The van der Waals surface area contributed by atoms with E-state index in [4.69, 9.17) is 11.0 Å². The Morgan fingerprint density at radius 1 is 0.973 bits per heavy atom. The fourth-order valence-electron chi connectivity index (χ4n) is 4.63. The fraction of sp³-hybridized carbons (Fsp3) is 0.222. The van der Waals surface area contributed by atoms with E-state index in [2.05, 4.69) is 9.97 Å². The summed E-state index contributed by atoms with van der Waals surface area (Å²) in [7, 11) is 0. The molecule has 5 rings (SSSR count). The van der Waals surface area contributed by atoms with Crippen molar-refractivity contribution in [2.45, 2.75) is 25.1 Å². The minimum Gasteiger partial charge on any atom is -0.339 e. The van der Waals surface area contributed by atoms with Gasteiger partial charge in [0.05, 0.1) is 22.3 Å². The van der Waals surface area contributed by atoms with Crippen LogP contribution in [0.4, 0.5) is 27.9 Å². The van der Waals surface area contributed by atoms with Gasteiger partial charge in [0.15, 0.2) is 0 Å². The number of aromatic nitrogens is 2. The van der Waals surface area contributed by atoms with Crippen molar-refractivity contribution in [1.29, 1.82) is 5.26 Å². The molecule has 2 heterocycles. The molecule has 1 aliphatic rings. The summed E-state index contributed by atoms with van der Waals surface area (Å²) in [5.74, 6) is -1.45. The number of rotatable bonds is 3. The van der Waals surface area contributed by atoms with Gasteiger partial charge in [-0.2, -0.15) is 18.4 Å². The number of nitriles is 1. The second-order valence-electron chi connectivity index (χ2n) is 8.92. The number of halogens is 5. The molecule has 1 aromatic heterocycles. The van der Waals surface area contributed by atoms with Gasteiger partial charge in [0.2, 0.25) is 5.95 Å². The Bertz CT molecular complexity index is 1540. The molecule has 0 aliphatic carbocycles. The number of anilines is 1. The van der Waals surface area contributed by atoms with Crippen LogP contribution in [-0.4, -0.2) is 29.1 Å². The van der Waals surface area contributed by atoms with E-state index in [1.165, 1.54) is 30.3 Å². The van der Waals surface area contributed by atoms with Crippen molar-refractivity contribution in [3.63, 3.8) is 0 Å². The van der Waals surface area contributed by atoms with Gasteiger partial charge in [0.1, 0.15) is 17.7 Å². The molecule has 0 bridgehead atoms. The van der Waals surface area contributed by atoms with Gasteiger partial charge >= 0.3 is 6.18 Å². The van der Waals surface area contributed by atoms with Crippen molar-refractivity contribution in [1.82, 2.24) is 9.97 Å². The minimum absolute atomic E-state index is 0.0235. The average molecular weight is 509 g/mol. The quantitative estimate of drug-likeness (QED) is 0.340. The van der Waals surface area contributed by atoms with Crippen LogP contribution in [0, 0.1) is 23.0 Å². The molecule has 1 atom stereocenters. The summed E-state index contributed by atoms with van der Waals surface area (Å²) >= 11 is 0. The summed E-state index contributed by atoms with van der Waals surface area (Å²) in [5.41, 5.74) is 5.15. The van der Waals surface area contributed by atoms with E-state index in [9.17, 15) is 22.0 Å². The molecule has 10 heteroatoms. The lowest BCUT2D eigenvalue weighted by molar-refractivity contribution is -0.137. The van der Waals surface area contributed by atoms with Gasteiger partial charge in [0.25, 0.3) is 0 Å². The standard InChI is InChI=1S/C27H20F5N5/c28-21-5-1-4-20(27(30,31)32)24(21)15-8-9-23-19(11-15)25(16-6-7-17(13-33)22(29)12-16)36-26(35-23)37-10-2-3-18(34)14-37/h1,4-9,11-12,18H,2-3,10,14,34H2. The molecule has 4 aromatic rings. The Labute approximate surface area is 209 Å². The SMILES string of the molecule is N#Cc1ccc(-c2nc(N3CCCC(N)C3)nc3ccc(-c4c(F)cccc4C(F)(F)F)cc23)cc1F. The van der Waals surface area contributed by atoms with Crippen LogP contribution in [0.25, 0.3) is 33.3 Å². The number of piperidine rings is 1. The van der Waals surface area contributed by atoms with Gasteiger partial charge in [-0.1, -0.05) is 18.2 Å². The van der Waals surface area contributed by atoms with E-state index in [1.807, 2.05) is 4.90 Å². The summed E-state index contributed by atoms with van der Waals surface area (Å²) in [6.07, 6.45) is -3.10. The van der Waals surface area contributed by atoms with E-state index in [0.717, 1.165) is 37.1 Å². The summed E-state index contributed by atoms with van der Waals surface area (Å²) in [4.78, 5) is 11.2. The summed E-state index contributed by atoms with van der Waals surface area (Å²) in [5, 5.41) is 9.42. The normalized spacial score (nSPS) is 16.1. The van der Waals surface area contributed by atoms with Crippen LogP contribution in [0.3, 0.4) is 0 Å². The van der Waals surface area contributed by atoms with E-state index < -0.39 is 28.9 Å². The molecule has 1 saturated heterocycles. The van der Waals surface area contributed by atoms with Crippen LogP contribution in [0.15, 0.2) is 54.6 Å². The van der Waals surface area contributed by atoms with Gasteiger partial charge in [-0.25, -0.2) is 18.7 Å². The number of hydrogen-bond acceptors (Lipinski definition) is 5. The minimum atomic E-state index is -4.78. The highest BCUT2D eigenvalue weighted by atomic mass is 19.4. The van der Waals surface area contributed by atoms with Crippen LogP contribution in [-0.2, 0) is 6.18 Å². The van der Waals surface area contributed by atoms with Crippen LogP contribution >= 0.6 is 0 Å². The van der Waals surface area contributed by atoms with Crippen molar-refractivity contribution in [2.75, 3.05) is 18.0 Å². The van der Waals surface area contributed by atoms with Crippen molar-refractivity contribution in [2.24, 2.45) is 5.73 Å². The van der Waals surface area contributed by atoms with Crippen LogP contribution in [0.5, 0.6) is 0 Å². The molecule has 0 amide bonds. The Kier molecular flexibility index (Phi) is 6.25. The van der Waals surface area contributed by atoms with Gasteiger partial charge in [-0.05, 0) is 54.8 Å². The predicted molar refractivity (Wildman–Crippen MR) is 129 cm³/mol. The first-order chi connectivity index (χ1) is 17.7. The maximum atomic E-state index is 14.7. The predicted octanol–water partition coefficient (Wildman–Crippen LogP) is 6.06. The summed E-state index contributed by atoms with van der Waals surface area (Å²) in [6.45, 7) is 1.16. The average Bonchev–Trinajstić information content (AvgIpc) is 2.87. The highest BCUT2D eigenvalue weighted by molar-refractivity contribution is 5.96. The topological polar surface area (TPSA) is 78.8 Å². The van der Waals surface area contributed by atoms with Crippen LogP contribution < -0.4 is 10.6 Å².